The first-order chi connectivity index (χ1) is 13.5. The second-order valence-electron chi connectivity index (χ2n) is 7.52. The summed E-state index contributed by atoms with van der Waals surface area (Å²) < 4.78 is 1.53. The Labute approximate surface area is 169 Å². The van der Waals surface area contributed by atoms with E-state index < -0.39 is 0 Å². The molecule has 2 heterocycles. The van der Waals surface area contributed by atoms with E-state index in [2.05, 4.69) is 24.3 Å². The largest absolute Gasteiger partial charge is 0.339 e. The van der Waals surface area contributed by atoms with Gasteiger partial charge in [0, 0.05) is 36.6 Å². The Morgan fingerprint density at radius 1 is 1.07 bits per heavy atom. The highest BCUT2D eigenvalue weighted by atomic mass is 35.5. The number of likely N-dealkylation sites (tertiary alicyclic amines) is 1. The molecule has 1 amide bonds. The molecule has 0 unspecified atom stereocenters. The number of aromatic nitrogens is 1. The summed E-state index contributed by atoms with van der Waals surface area (Å²) in [5.74, 6) is 0.456. The van der Waals surface area contributed by atoms with Crippen molar-refractivity contribution in [2.75, 3.05) is 13.1 Å². The quantitative estimate of drug-likeness (QED) is 0.623. The number of carbonyl (C=O) groups excluding carboxylic acids is 2. The predicted octanol–water partition coefficient (Wildman–Crippen LogP) is 5.05. The van der Waals surface area contributed by atoms with Gasteiger partial charge in [-0.05, 0) is 48.9 Å². The molecule has 0 spiro atoms. The molecule has 5 heteroatoms. The van der Waals surface area contributed by atoms with Crippen LogP contribution in [0, 0.1) is 5.92 Å². The van der Waals surface area contributed by atoms with Crippen LogP contribution in [0.15, 0.2) is 54.7 Å². The number of nitrogens with zero attached hydrogens (tertiary/aromatic N) is 2. The number of fused-ring (bicyclic) bond motifs is 1. The van der Waals surface area contributed by atoms with E-state index in [1.165, 1.54) is 17.1 Å². The van der Waals surface area contributed by atoms with Crippen molar-refractivity contribution in [3.8, 4) is 0 Å². The van der Waals surface area contributed by atoms with Gasteiger partial charge in [-0.3, -0.25) is 14.2 Å². The van der Waals surface area contributed by atoms with Gasteiger partial charge >= 0.3 is 0 Å². The van der Waals surface area contributed by atoms with E-state index in [4.69, 9.17) is 11.6 Å². The van der Waals surface area contributed by atoms with Crippen LogP contribution in [0.25, 0.3) is 10.9 Å². The van der Waals surface area contributed by atoms with Crippen LogP contribution in [0.2, 0.25) is 5.02 Å². The van der Waals surface area contributed by atoms with Crippen molar-refractivity contribution in [1.29, 1.82) is 0 Å². The van der Waals surface area contributed by atoms with Crippen molar-refractivity contribution >= 4 is 34.3 Å². The summed E-state index contributed by atoms with van der Waals surface area (Å²) in [5, 5.41) is 1.29. The lowest BCUT2D eigenvalue weighted by Gasteiger charge is -2.32. The minimum atomic E-state index is -0.118. The van der Waals surface area contributed by atoms with Crippen LogP contribution >= 0.6 is 11.6 Å². The zero-order valence-electron chi connectivity index (χ0n) is 15.9. The number of hydrogen-bond donors (Lipinski definition) is 0. The van der Waals surface area contributed by atoms with Crippen LogP contribution in [0.4, 0.5) is 0 Å². The number of carbonyl (C=O) groups is 2. The molecule has 2 aromatic carbocycles. The van der Waals surface area contributed by atoms with Crippen molar-refractivity contribution in [3.63, 3.8) is 0 Å². The molecule has 1 fully saturated rings. The third-order valence-electron chi connectivity index (χ3n) is 5.61. The molecule has 1 aliphatic heterocycles. The molecule has 0 aliphatic carbocycles. The monoisotopic (exact) mass is 394 g/mol. The normalized spacial score (nSPS) is 15.1. The number of rotatable bonds is 3. The molecule has 28 heavy (non-hydrogen) atoms. The van der Waals surface area contributed by atoms with E-state index >= 15 is 0 Å². The Morgan fingerprint density at radius 3 is 2.46 bits per heavy atom. The summed E-state index contributed by atoms with van der Waals surface area (Å²) in [4.78, 5) is 27.1. The summed E-state index contributed by atoms with van der Waals surface area (Å²) in [5.41, 5.74) is 2.62. The molecule has 0 N–H and O–H groups in total. The molecule has 4 rings (SSSR count). The Morgan fingerprint density at radius 2 is 1.79 bits per heavy atom. The van der Waals surface area contributed by atoms with Gasteiger partial charge in [0.2, 0.25) is 5.91 Å². The highest BCUT2D eigenvalue weighted by Gasteiger charge is 2.26. The molecule has 1 saturated heterocycles. The fourth-order valence-electron chi connectivity index (χ4n) is 4.09. The van der Waals surface area contributed by atoms with E-state index in [1.807, 2.05) is 11.0 Å². The van der Waals surface area contributed by atoms with E-state index in [0.717, 1.165) is 43.3 Å². The first kappa shape index (κ1) is 18.8. The predicted molar refractivity (Wildman–Crippen MR) is 112 cm³/mol. The van der Waals surface area contributed by atoms with E-state index in [9.17, 15) is 9.59 Å². The first-order valence-electron chi connectivity index (χ1n) is 9.67. The average molecular weight is 395 g/mol. The molecule has 1 aliphatic rings. The zero-order valence-corrected chi connectivity index (χ0v) is 16.7. The van der Waals surface area contributed by atoms with Crippen molar-refractivity contribution in [2.45, 2.75) is 26.2 Å². The Balaban J connectivity index is 1.51. The molecule has 144 valence electrons. The Bertz CT molecular complexity index is 1020. The van der Waals surface area contributed by atoms with Crippen LogP contribution < -0.4 is 0 Å². The highest BCUT2D eigenvalue weighted by Crippen LogP contribution is 2.28. The fraction of sp³-hybridized carbons (Fsp3) is 0.304. The van der Waals surface area contributed by atoms with E-state index in [1.54, 1.807) is 24.4 Å². The molecule has 0 radical (unpaired) electrons. The van der Waals surface area contributed by atoms with Crippen LogP contribution in [-0.2, 0) is 6.42 Å². The number of amides is 1. The first-order valence-corrected chi connectivity index (χ1v) is 10.1. The van der Waals surface area contributed by atoms with Crippen molar-refractivity contribution in [2.24, 2.45) is 5.92 Å². The lowest BCUT2D eigenvalue weighted by atomic mass is 9.90. The smallest absolute Gasteiger partial charge is 0.256 e. The van der Waals surface area contributed by atoms with Crippen molar-refractivity contribution < 1.29 is 9.59 Å². The molecule has 0 saturated carbocycles. The lowest BCUT2D eigenvalue weighted by molar-refractivity contribution is 0.0692. The second-order valence-corrected chi connectivity index (χ2v) is 7.96. The average Bonchev–Trinajstić information content (AvgIpc) is 3.08. The number of piperidine rings is 1. The Hall–Kier alpha value is -2.59. The van der Waals surface area contributed by atoms with Crippen LogP contribution in [0.3, 0.4) is 0 Å². The third kappa shape index (κ3) is 3.69. The molecular formula is C23H23ClN2O2. The van der Waals surface area contributed by atoms with Crippen LogP contribution in [0.1, 0.15) is 40.5 Å². The molecule has 0 atom stereocenters. The lowest BCUT2D eigenvalue weighted by Crippen LogP contribution is -2.38. The number of benzene rings is 2. The van der Waals surface area contributed by atoms with Gasteiger partial charge in [0.1, 0.15) is 0 Å². The Kier molecular flexibility index (Phi) is 5.23. The maximum atomic E-state index is 13.2. The number of halogens is 1. The van der Waals surface area contributed by atoms with Gasteiger partial charge in [0.05, 0.1) is 11.1 Å². The van der Waals surface area contributed by atoms with Crippen molar-refractivity contribution in [1.82, 2.24) is 9.47 Å². The number of hydrogen-bond acceptors (Lipinski definition) is 2. The standard InChI is InChI=1S/C23H23ClN2O2/c1-16(27)26-15-21(20-14-19(24)7-8-22(20)26)23(28)25-11-9-18(10-12-25)13-17-5-3-2-4-6-17/h2-8,14-15,18H,9-13H2,1H3. The van der Waals surface area contributed by atoms with Gasteiger partial charge in [-0.25, -0.2) is 0 Å². The van der Waals surface area contributed by atoms with Gasteiger partial charge in [0.15, 0.2) is 0 Å². The molecular weight excluding hydrogens is 372 g/mol. The van der Waals surface area contributed by atoms with E-state index in [0.29, 0.717) is 16.5 Å². The SMILES string of the molecule is CC(=O)n1cc(C(=O)N2CCC(Cc3ccccc3)CC2)c2cc(Cl)ccc21. The summed E-state index contributed by atoms with van der Waals surface area (Å²) in [6.07, 6.45) is 4.70. The summed E-state index contributed by atoms with van der Waals surface area (Å²) in [6, 6.07) is 15.8. The minimum Gasteiger partial charge on any atom is -0.339 e. The fourth-order valence-corrected chi connectivity index (χ4v) is 4.26. The highest BCUT2D eigenvalue weighted by molar-refractivity contribution is 6.31. The third-order valence-corrected chi connectivity index (χ3v) is 5.84. The molecule has 1 aromatic heterocycles. The van der Waals surface area contributed by atoms with Crippen LogP contribution in [0.5, 0.6) is 0 Å². The van der Waals surface area contributed by atoms with Gasteiger partial charge < -0.3 is 4.90 Å². The maximum absolute atomic E-state index is 13.2. The van der Waals surface area contributed by atoms with Crippen LogP contribution in [-0.4, -0.2) is 34.4 Å². The molecule has 3 aromatic rings. The maximum Gasteiger partial charge on any atom is 0.256 e. The van der Waals surface area contributed by atoms with Gasteiger partial charge in [0.25, 0.3) is 5.91 Å². The van der Waals surface area contributed by atoms with Crippen molar-refractivity contribution in [3.05, 3.63) is 70.9 Å². The molecule has 4 nitrogen and oxygen atoms in total. The van der Waals surface area contributed by atoms with Gasteiger partial charge in [-0.1, -0.05) is 41.9 Å². The van der Waals surface area contributed by atoms with E-state index in [-0.39, 0.29) is 11.8 Å². The topological polar surface area (TPSA) is 42.3 Å². The van der Waals surface area contributed by atoms with Gasteiger partial charge in [-0.2, -0.15) is 0 Å². The summed E-state index contributed by atoms with van der Waals surface area (Å²) >= 11 is 6.15. The molecule has 0 bridgehead atoms. The minimum absolute atomic E-state index is 0.0228. The zero-order chi connectivity index (χ0) is 19.7. The summed E-state index contributed by atoms with van der Waals surface area (Å²) in [6.45, 7) is 2.98. The summed E-state index contributed by atoms with van der Waals surface area (Å²) in [7, 11) is 0. The second kappa shape index (κ2) is 7.80. The van der Waals surface area contributed by atoms with Gasteiger partial charge in [-0.15, -0.1) is 0 Å².